The zero-order chi connectivity index (χ0) is 15.0. The molecular formula is C13H15FN2O4. The Morgan fingerprint density at radius 2 is 2.05 bits per heavy atom. The molecule has 0 aromatic heterocycles. The van der Waals surface area contributed by atoms with Crippen LogP contribution in [0.5, 0.6) is 0 Å². The monoisotopic (exact) mass is 282 g/mol. The smallest absolute Gasteiger partial charge is 0.259 e. The number of hydrogen-bond acceptors (Lipinski definition) is 4. The van der Waals surface area contributed by atoms with Gasteiger partial charge in [0.25, 0.3) is 5.91 Å². The predicted octanol–water partition coefficient (Wildman–Crippen LogP) is -0.00210. The zero-order valence-electron chi connectivity index (χ0n) is 11.1. The Morgan fingerprint density at radius 1 is 1.40 bits per heavy atom. The van der Waals surface area contributed by atoms with Crippen LogP contribution in [0.15, 0.2) is 23.6 Å². The van der Waals surface area contributed by atoms with Crippen molar-refractivity contribution in [2.75, 3.05) is 0 Å². The fraction of sp³-hybridized carbons (Fsp3) is 0.462. The van der Waals surface area contributed by atoms with Gasteiger partial charge in [-0.25, -0.2) is 4.39 Å². The van der Waals surface area contributed by atoms with Crippen molar-refractivity contribution in [2.24, 2.45) is 5.92 Å². The first kappa shape index (κ1) is 14.4. The quantitative estimate of drug-likeness (QED) is 0.523. The summed E-state index contributed by atoms with van der Waals surface area (Å²) in [5.74, 6) is -2.29. The van der Waals surface area contributed by atoms with Crippen LogP contribution in [0.2, 0.25) is 0 Å². The minimum Gasteiger partial charge on any atom is -0.369 e. The second kappa shape index (κ2) is 5.16. The molecule has 2 saturated heterocycles. The topological polar surface area (TPSA) is 86.7 Å². The van der Waals surface area contributed by atoms with Gasteiger partial charge >= 0.3 is 0 Å². The van der Waals surface area contributed by atoms with E-state index in [2.05, 4.69) is 5.32 Å². The van der Waals surface area contributed by atoms with Crippen LogP contribution in [0.25, 0.3) is 0 Å². The summed E-state index contributed by atoms with van der Waals surface area (Å²) in [4.78, 5) is 36.2. The highest BCUT2D eigenvalue weighted by Crippen LogP contribution is 2.34. The molecule has 2 aliphatic heterocycles. The van der Waals surface area contributed by atoms with Crippen molar-refractivity contribution in [3.63, 3.8) is 0 Å². The minimum absolute atomic E-state index is 0.0623. The lowest BCUT2D eigenvalue weighted by Gasteiger charge is -2.35. The lowest BCUT2D eigenvalue weighted by Crippen LogP contribution is -2.58. The molecule has 2 rings (SSSR count). The fourth-order valence-electron chi connectivity index (χ4n) is 2.68. The van der Waals surface area contributed by atoms with Gasteiger partial charge in [0.15, 0.2) is 6.23 Å². The van der Waals surface area contributed by atoms with E-state index in [4.69, 9.17) is 0 Å². The number of carbonyl (C=O) groups excluding carboxylic acids is 3. The van der Waals surface area contributed by atoms with E-state index < -0.39 is 35.9 Å². The molecule has 6 nitrogen and oxygen atoms in total. The molecule has 0 saturated carbocycles. The number of aliphatic hydroxyl groups excluding tert-OH is 1. The van der Waals surface area contributed by atoms with E-state index in [9.17, 15) is 23.9 Å². The van der Waals surface area contributed by atoms with Crippen LogP contribution in [0.4, 0.5) is 4.39 Å². The van der Waals surface area contributed by atoms with Gasteiger partial charge in [-0.3, -0.25) is 24.6 Å². The third-order valence-corrected chi connectivity index (χ3v) is 3.61. The van der Waals surface area contributed by atoms with E-state index in [0.717, 1.165) is 4.90 Å². The molecule has 108 valence electrons. The Morgan fingerprint density at radius 3 is 2.50 bits per heavy atom. The Kier molecular flexibility index (Phi) is 3.71. The number of likely N-dealkylation sites (tertiary alicyclic amines) is 1. The number of rotatable bonds is 1. The summed E-state index contributed by atoms with van der Waals surface area (Å²) in [7, 11) is 0. The summed E-state index contributed by atoms with van der Waals surface area (Å²) in [6.45, 7) is 3.19. The van der Waals surface area contributed by atoms with Crippen molar-refractivity contribution < 1.29 is 23.9 Å². The van der Waals surface area contributed by atoms with Crippen molar-refractivity contribution >= 4 is 17.7 Å². The van der Waals surface area contributed by atoms with Crippen LogP contribution in [0, 0.1) is 5.92 Å². The molecule has 0 bridgehead atoms. The lowest BCUT2D eigenvalue weighted by molar-refractivity contribution is -0.151. The van der Waals surface area contributed by atoms with Crippen molar-refractivity contribution in [1.29, 1.82) is 0 Å². The van der Waals surface area contributed by atoms with E-state index in [1.807, 2.05) is 0 Å². The molecule has 1 unspecified atom stereocenters. The van der Waals surface area contributed by atoms with Crippen molar-refractivity contribution in [1.82, 2.24) is 10.2 Å². The third-order valence-electron chi connectivity index (χ3n) is 3.61. The van der Waals surface area contributed by atoms with Gasteiger partial charge in [-0.2, -0.15) is 0 Å². The van der Waals surface area contributed by atoms with Crippen LogP contribution in [-0.2, 0) is 14.4 Å². The maximum atomic E-state index is 12.8. The number of imide groups is 1. The van der Waals surface area contributed by atoms with Crippen LogP contribution in [0.3, 0.4) is 0 Å². The number of halogens is 1. The van der Waals surface area contributed by atoms with Crippen LogP contribution in [-0.4, -0.2) is 40.0 Å². The van der Waals surface area contributed by atoms with Gasteiger partial charge in [0.1, 0.15) is 6.04 Å². The van der Waals surface area contributed by atoms with Gasteiger partial charge in [0.05, 0.1) is 11.9 Å². The molecule has 2 heterocycles. The molecule has 20 heavy (non-hydrogen) atoms. The summed E-state index contributed by atoms with van der Waals surface area (Å²) in [5.41, 5.74) is -0.147. The molecule has 7 heteroatoms. The standard InChI is InChI=1S/C13H15FN2O4/c1-3-7-8(5-14)13(20)16(12(7)19)10-6(2)4-9(17)15-11(10)18/h3,5-6,10,12,19H,4H2,1-2H3,(H,15,17,18)/b7-3?,8-5-/t6-,10-,12?/m0/s1. The third kappa shape index (κ3) is 2.03. The summed E-state index contributed by atoms with van der Waals surface area (Å²) < 4.78 is 12.8. The molecule has 2 aliphatic rings. The molecule has 3 atom stereocenters. The summed E-state index contributed by atoms with van der Waals surface area (Å²) in [5, 5.41) is 12.3. The van der Waals surface area contributed by atoms with E-state index in [-0.39, 0.29) is 23.9 Å². The molecule has 3 amide bonds. The summed E-state index contributed by atoms with van der Waals surface area (Å²) in [6.07, 6.45) is 0.218. The Balaban J connectivity index is 2.40. The van der Waals surface area contributed by atoms with Crippen LogP contribution in [0.1, 0.15) is 20.3 Å². The SMILES string of the molecule is CC=C1/C(=C/F)C(=O)N([C@@H]2C(=O)NC(=O)C[C@@H]2C)C1O. The average molecular weight is 282 g/mol. The normalized spacial score (nSPS) is 35.1. The molecule has 2 fully saturated rings. The largest absolute Gasteiger partial charge is 0.369 e. The molecule has 0 aliphatic carbocycles. The maximum Gasteiger partial charge on any atom is 0.259 e. The van der Waals surface area contributed by atoms with E-state index >= 15 is 0 Å². The van der Waals surface area contributed by atoms with Crippen molar-refractivity contribution in [2.45, 2.75) is 32.5 Å². The molecular weight excluding hydrogens is 267 g/mol. The van der Waals surface area contributed by atoms with E-state index in [1.165, 1.54) is 6.08 Å². The number of aliphatic hydroxyl groups is 1. The predicted molar refractivity (Wildman–Crippen MR) is 66.5 cm³/mol. The zero-order valence-corrected chi connectivity index (χ0v) is 11.1. The Labute approximate surface area is 114 Å². The summed E-state index contributed by atoms with van der Waals surface area (Å²) >= 11 is 0. The van der Waals surface area contributed by atoms with E-state index in [1.54, 1.807) is 13.8 Å². The first-order chi connectivity index (χ1) is 9.42. The number of carbonyl (C=O) groups is 3. The van der Waals surface area contributed by atoms with Gasteiger partial charge < -0.3 is 5.11 Å². The maximum absolute atomic E-state index is 12.8. The van der Waals surface area contributed by atoms with Gasteiger partial charge in [-0.1, -0.05) is 13.0 Å². The van der Waals surface area contributed by atoms with Gasteiger partial charge in [0, 0.05) is 12.0 Å². The van der Waals surface area contributed by atoms with Crippen molar-refractivity contribution in [3.05, 3.63) is 23.6 Å². The highest BCUT2D eigenvalue weighted by atomic mass is 19.1. The number of allylic oxidation sites excluding steroid dienone is 1. The van der Waals surface area contributed by atoms with Gasteiger partial charge in [-0.15, -0.1) is 0 Å². The Bertz CT molecular complexity index is 540. The molecule has 0 aromatic rings. The number of nitrogens with one attached hydrogen (secondary N) is 1. The second-order valence-electron chi connectivity index (χ2n) is 4.89. The molecule has 0 aromatic carbocycles. The number of piperidine rings is 1. The van der Waals surface area contributed by atoms with Crippen LogP contribution < -0.4 is 5.32 Å². The van der Waals surface area contributed by atoms with Crippen LogP contribution >= 0.6 is 0 Å². The number of hydrogen-bond donors (Lipinski definition) is 2. The first-order valence-electron chi connectivity index (χ1n) is 6.23. The second-order valence-corrected chi connectivity index (χ2v) is 4.89. The minimum atomic E-state index is -1.39. The number of nitrogens with zero attached hydrogens (tertiary/aromatic N) is 1. The molecule has 0 spiro atoms. The van der Waals surface area contributed by atoms with Crippen molar-refractivity contribution in [3.8, 4) is 0 Å². The Hall–Kier alpha value is -2.02. The molecule has 0 radical (unpaired) electrons. The fourth-order valence-corrected chi connectivity index (χ4v) is 2.68. The first-order valence-corrected chi connectivity index (χ1v) is 6.23. The van der Waals surface area contributed by atoms with E-state index in [0.29, 0.717) is 0 Å². The highest BCUT2D eigenvalue weighted by Gasteiger charge is 2.48. The van der Waals surface area contributed by atoms with Gasteiger partial charge in [0.2, 0.25) is 11.8 Å². The lowest BCUT2D eigenvalue weighted by atomic mass is 9.92. The number of amides is 3. The average Bonchev–Trinajstić information content (AvgIpc) is 2.60. The molecule has 2 N–H and O–H groups in total. The van der Waals surface area contributed by atoms with Gasteiger partial charge in [-0.05, 0) is 12.8 Å². The highest BCUT2D eigenvalue weighted by molar-refractivity contribution is 6.07. The summed E-state index contributed by atoms with van der Waals surface area (Å²) in [6, 6.07) is -0.998.